The van der Waals surface area contributed by atoms with Crippen LogP contribution in [-0.4, -0.2) is 26.4 Å². The molecule has 0 spiro atoms. The van der Waals surface area contributed by atoms with Gasteiger partial charge in [-0.25, -0.2) is 0 Å². The third kappa shape index (κ3) is 4.48. The number of hydrogen-bond donors (Lipinski definition) is 1. The summed E-state index contributed by atoms with van der Waals surface area (Å²) in [5.41, 5.74) is 3.26. The van der Waals surface area contributed by atoms with Gasteiger partial charge < -0.3 is 5.32 Å². The van der Waals surface area contributed by atoms with Crippen LogP contribution in [0.25, 0.3) is 5.69 Å². The monoisotopic (exact) mass is 352 g/mol. The molecule has 0 saturated carbocycles. The zero-order valence-corrected chi connectivity index (χ0v) is 15.0. The van der Waals surface area contributed by atoms with E-state index in [0.717, 1.165) is 11.3 Å². The summed E-state index contributed by atoms with van der Waals surface area (Å²) in [5.74, 6) is 0.265. The van der Waals surface area contributed by atoms with Gasteiger partial charge in [0.1, 0.15) is 6.33 Å². The molecule has 1 amide bonds. The van der Waals surface area contributed by atoms with E-state index in [9.17, 15) is 4.79 Å². The number of aromatic nitrogens is 3. The van der Waals surface area contributed by atoms with Crippen LogP contribution in [0.2, 0.25) is 0 Å². The van der Waals surface area contributed by atoms with Crippen molar-refractivity contribution in [3.63, 3.8) is 0 Å². The molecule has 3 aromatic rings. The Morgan fingerprint density at radius 1 is 1.16 bits per heavy atom. The highest BCUT2D eigenvalue weighted by molar-refractivity contribution is 7.99. The lowest BCUT2D eigenvalue weighted by Gasteiger charge is -2.14. The fourth-order valence-corrected chi connectivity index (χ4v) is 3.18. The first-order valence-corrected chi connectivity index (χ1v) is 9.06. The summed E-state index contributed by atoms with van der Waals surface area (Å²) >= 11 is 1.38. The van der Waals surface area contributed by atoms with E-state index in [1.807, 2.05) is 73.0 Å². The summed E-state index contributed by atoms with van der Waals surface area (Å²) in [6.45, 7) is 4.02. The number of hydrogen-bond acceptors (Lipinski definition) is 4. The number of amides is 1. The second-order valence-corrected chi connectivity index (χ2v) is 6.75. The highest BCUT2D eigenvalue weighted by Crippen LogP contribution is 2.20. The van der Waals surface area contributed by atoms with Crippen molar-refractivity contribution in [1.82, 2.24) is 20.1 Å². The molecule has 128 valence electrons. The van der Waals surface area contributed by atoms with Crippen LogP contribution < -0.4 is 5.32 Å². The van der Waals surface area contributed by atoms with Gasteiger partial charge in [0.15, 0.2) is 5.16 Å². The molecular weight excluding hydrogens is 332 g/mol. The normalized spacial score (nSPS) is 11.9. The molecule has 0 saturated heterocycles. The van der Waals surface area contributed by atoms with Crippen molar-refractivity contribution < 1.29 is 4.79 Å². The van der Waals surface area contributed by atoms with Crippen molar-refractivity contribution in [3.8, 4) is 5.69 Å². The lowest BCUT2D eigenvalue weighted by molar-refractivity contribution is -0.119. The molecule has 0 aliphatic rings. The van der Waals surface area contributed by atoms with Gasteiger partial charge in [0.05, 0.1) is 11.8 Å². The van der Waals surface area contributed by atoms with Gasteiger partial charge in [-0.05, 0) is 31.5 Å². The topological polar surface area (TPSA) is 59.8 Å². The summed E-state index contributed by atoms with van der Waals surface area (Å²) in [6, 6.07) is 18.0. The molecule has 0 bridgehead atoms. The van der Waals surface area contributed by atoms with E-state index in [1.54, 1.807) is 6.33 Å². The summed E-state index contributed by atoms with van der Waals surface area (Å²) < 4.78 is 1.89. The summed E-state index contributed by atoms with van der Waals surface area (Å²) in [6.07, 6.45) is 1.66. The Labute approximate surface area is 151 Å². The molecule has 25 heavy (non-hydrogen) atoms. The van der Waals surface area contributed by atoms with Gasteiger partial charge in [-0.3, -0.25) is 9.36 Å². The van der Waals surface area contributed by atoms with Gasteiger partial charge >= 0.3 is 0 Å². The minimum atomic E-state index is -0.0280. The van der Waals surface area contributed by atoms with E-state index >= 15 is 0 Å². The van der Waals surface area contributed by atoms with Crippen molar-refractivity contribution in [1.29, 1.82) is 0 Å². The predicted octanol–water partition coefficient (Wildman–Crippen LogP) is 3.55. The molecule has 0 aliphatic carbocycles. The fourth-order valence-electron chi connectivity index (χ4n) is 2.44. The Kier molecular flexibility index (Phi) is 5.50. The molecule has 2 aromatic carbocycles. The third-order valence-electron chi connectivity index (χ3n) is 3.84. The Hall–Kier alpha value is -2.60. The van der Waals surface area contributed by atoms with Crippen LogP contribution in [0, 0.1) is 6.92 Å². The summed E-state index contributed by atoms with van der Waals surface area (Å²) in [5, 5.41) is 11.8. The Bertz CT molecular complexity index is 830. The molecule has 5 nitrogen and oxygen atoms in total. The minimum absolute atomic E-state index is 0.0238. The van der Waals surface area contributed by atoms with Gasteiger partial charge in [-0.15, -0.1) is 10.2 Å². The van der Waals surface area contributed by atoms with Crippen LogP contribution in [0.5, 0.6) is 0 Å². The van der Waals surface area contributed by atoms with E-state index in [-0.39, 0.29) is 11.9 Å². The smallest absolute Gasteiger partial charge is 0.230 e. The van der Waals surface area contributed by atoms with Gasteiger partial charge in [0.2, 0.25) is 5.91 Å². The Morgan fingerprint density at radius 3 is 2.60 bits per heavy atom. The molecule has 0 fully saturated rings. The van der Waals surface area contributed by atoms with Crippen molar-refractivity contribution in [2.24, 2.45) is 0 Å². The van der Waals surface area contributed by atoms with Gasteiger partial charge in [0.25, 0.3) is 0 Å². The van der Waals surface area contributed by atoms with E-state index in [0.29, 0.717) is 10.9 Å². The van der Waals surface area contributed by atoms with Crippen molar-refractivity contribution in [2.45, 2.75) is 25.0 Å². The van der Waals surface area contributed by atoms with Crippen LogP contribution in [0.4, 0.5) is 0 Å². The zero-order valence-electron chi connectivity index (χ0n) is 14.2. The lowest BCUT2D eigenvalue weighted by atomic mass is 10.1. The van der Waals surface area contributed by atoms with Crippen molar-refractivity contribution in [2.75, 3.05) is 5.75 Å². The number of rotatable bonds is 6. The highest BCUT2D eigenvalue weighted by atomic mass is 32.2. The molecule has 1 N–H and O–H groups in total. The molecule has 6 heteroatoms. The number of thioether (sulfide) groups is 1. The zero-order chi connectivity index (χ0) is 17.6. The van der Waals surface area contributed by atoms with Crippen molar-refractivity contribution >= 4 is 17.7 Å². The molecular formula is C19H20N4OS. The molecule has 1 aromatic heterocycles. The lowest BCUT2D eigenvalue weighted by Crippen LogP contribution is -2.28. The van der Waals surface area contributed by atoms with Gasteiger partial charge in [0, 0.05) is 5.69 Å². The minimum Gasteiger partial charge on any atom is -0.349 e. The number of carbonyl (C=O) groups excluding carboxylic acids is 1. The van der Waals surface area contributed by atoms with E-state index in [1.165, 1.54) is 17.3 Å². The summed E-state index contributed by atoms with van der Waals surface area (Å²) in [7, 11) is 0. The fraction of sp³-hybridized carbons (Fsp3) is 0.211. The summed E-state index contributed by atoms with van der Waals surface area (Å²) in [4.78, 5) is 12.2. The van der Waals surface area contributed by atoms with Crippen LogP contribution in [0.15, 0.2) is 66.1 Å². The maximum Gasteiger partial charge on any atom is 0.230 e. The van der Waals surface area contributed by atoms with Crippen LogP contribution in [0.3, 0.4) is 0 Å². The maximum atomic E-state index is 12.2. The SMILES string of the molecule is Cc1ccc(-n2cnnc2SCC(=O)NC(C)c2ccccc2)cc1. The first-order chi connectivity index (χ1) is 12.1. The maximum absolute atomic E-state index is 12.2. The largest absolute Gasteiger partial charge is 0.349 e. The first-order valence-electron chi connectivity index (χ1n) is 8.07. The molecule has 1 atom stereocenters. The highest BCUT2D eigenvalue weighted by Gasteiger charge is 2.12. The van der Waals surface area contributed by atoms with E-state index in [4.69, 9.17) is 0 Å². The number of carbonyl (C=O) groups is 1. The molecule has 3 rings (SSSR count). The second kappa shape index (κ2) is 7.98. The number of nitrogens with zero attached hydrogens (tertiary/aromatic N) is 3. The second-order valence-electron chi connectivity index (χ2n) is 5.81. The molecule has 0 aliphatic heterocycles. The van der Waals surface area contributed by atoms with Crippen LogP contribution in [-0.2, 0) is 4.79 Å². The standard InChI is InChI=1S/C19H20N4OS/c1-14-8-10-17(11-9-14)23-13-20-22-19(23)25-12-18(24)21-15(2)16-6-4-3-5-7-16/h3-11,13,15H,12H2,1-2H3,(H,21,24). The Balaban J connectivity index is 1.60. The number of nitrogens with one attached hydrogen (secondary N) is 1. The third-order valence-corrected chi connectivity index (χ3v) is 4.78. The molecule has 1 heterocycles. The van der Waals surface area contributed by atoms with E-state index in [2.05, 4.69) is 15.5 Å². The number of aryl methyl sites for hydroxylation is 1. The van der Waals surface area contributed by atoms with Crippen LogP contribution in [0.1, 0.15) is 24.1 Å². The molecule has 0 radical (unpaired) electrons. The average Bonchev–Trinajstić information content (AvgIpc) is 3.10. The number of benzene rings is 2. The van der Waals surface area contributed by atoms with E-state index < -0.39 is 0 Å². The predicted molar refractivity (Wildman–Crippen MR) is 99.8 cm³/mol. The van der Waals surface area contributed by atoms with Gasteiger partial charge in [-0.2, -0.15) is 0 Å². The van der Waals surface area contributed by atoms with Gasteiger partial charge in [-0.1, -0.05) is 59.8 Å². The Morgan fingerprint density at radius 2 is 1.88 bits per heavy atom. The molecule has 1 unspecified atom stereocenters. The van der Waals surface area contributed by atoms with Crippen LogP contribution >= 0.6 is 11.8 Å². The quantitative estimate of drug-likeness (QED) is 0.689. The average molecular weight is 352 g/mol. The first kappa shape index (κ1) is 17.2. The van der Waals surface area contributed by atoms with Crippen molar-refractivity contribution in [3.05, 3.63) is 72.1 Å².